The summed E-state index contributed by atoms with van der Waals surface area (Å²) in [6.07, 6.45) is 5.94. The molecule has 1 saturated heterocycles. The number of hydrogen-bond donors (Lipinski definition) is 1. The Morgan fingerprint density at radius 3 is 2.84 bits per heavy atom. The van der Waals surface area contributed by atoms with E-state index in [4.69, 9.17) is 10.5 Å². The maximum Gasteiger partial charge on any atom is 0.244 e. The van der Waals surface area contributed by atoms with E-state index in [0.29, 0.717) is 13.2 Å². The first-order valence-electron chi connectivity index (χ1n) is 6.71. The first kappa shape index (κ1) is 14.0. The number of nitrogens with two attached hydrogens (primary N) is 1. The molecule has 2 rings (SSSR count). The average molecular weight is 267 g/mol. The minimum atomic E-state index is 0.0888. The monoisotopic (exact) mass is 267 g/mol. The molecule has 1 aromatic heterocycles. The van der Waals surface area contributed by atoms with Crippen LogP contribution in [0.1, 0.15) is 19.3 Å². The number of hydrogen-bond acceptors (Lipinski definition) is 5. The van der Waals surface area contributed by atoms with Crippen molar-refractivity contribution in [2.75, 3.05) is 26.2 Å². The van der Waals surface area contributed by atoms with Gasteiger partial charge in [-0.1, -0.05) is 0 Å². The third kappa shape index (κ3) is 4.29. The highest BCUT2D eigenvalue weighted by atomic mass is 16.5. The summed E-state index contributed by atoms with van der Waals surface area (Å²) in [7, 11) is 0. The molecule has 1 aliphatic heterocycles. The zero-order valence-corrected chi connectivity index (χ0v) is 11.1. The molecular weight excluding hydrogens is 246 g/mol. The number of aromatic nitrogens is 3. The van der Waals surface area contributed by atoms with Gasteiger partial charge in [-0.3, -0.25) is 4.79 Å². The van der Waals surface area contributed by atoms with Gasteiger partial charge in [0.05, 0.1) is 6.10 Å². The highest BCUT2D eigenvalue weighted by molar-refractivity contribution is 5.75. The molecule has 19 heavy (non-hydrogen) atoms. The van der Waals surface area contributed by atoms with Crippen LogP contribution < -0.4 is 5.73 Å². The first-order valence-corrected chi connectivity index (χ1v) is 6.71. The fourth-order valence-electron chi connectivity index (χ4n) is 2.16. The number of rotatable bonds is 6. The molecule has 7 nitrogen and oxygen atoms in total. The number of amides is 1. The van der Waals surface area contributed by atoms with Crippen LogP contribution in [0.2, 0.25) is 0 Å². The fraction of sp³-hybridized carbons (Fsp3) is 0.750. The maximum atomic E-state index is 12.0. The quantitative estimate of drug-likeness (QED) is 0.711. The molecule has 0 unspecified atom stereocenters. The van der Waals surface area contributed by atoms with E-state index in [-0.39, 0.29) is 18.6 Å². The molecule has 2 heterocycles. The molecule has 0 radical (unpaired) electrons. The van der Waals surface area contributed by atoms with E-state index in [9.17, 15) is 4.79 Å². The van der Waals surface area contributed by atoms with Gasteiger partial charge in [-0.25, -0.2) is 9.67 Å². The first-order chi connectivity index (χ1) is 9.29. The molecule has 106 valence electrons. The van der Waals surface area contributed by atoms with E-state index < -0.39 is 0 Å². The number of carbonyl (C=O) groups excluding carboxylic acids is 1. The Morgan fingerprint density at radius 1 is 1.42 bits per heavy atom. The normalized spacial score (nSPS) is 16.8. The third-order valence-electron chi connectivity index (χ3n) is 3.26. The predicted octanol–water partition coefficient (Wildman–Crippen LogP) is -0.365. The van der Waals surface area contributed by atoms with Crippen molar-refractivity contribution < 1.29 is 9.53 Å². The second kappa shape index (κ2) is 7.20. The maximum absolute atomic E-state index is 12.0. The van der Waals surface area contributed by atoms with Crippen LogP contribution in [-0.2, 0) is 16.1 Å². The molecule has 7 heteroatoms. The molecule has 1 aromatic rings. The molecule has 0 atom stereocenters. The van der Waals surface area contributed by atoms with Crippen LogP contribution in [0.25, 0.3) is 0 Å². The SMILES string of the molecule is NCCCOC1CCN(C(=O)Cn2cncn2)CC1. The van der Waals surface area contributed by atoms with E-state index in [0.717, 1.165) is 32.4 Å². The highest BCUT2D eigenvalue weighted by Gasteiger charge is 2.23. The Balaban J connectivity index is 1.69. The highest BCUT2D eigenvalue weighted by Crippen LogP contribution is 2.14. The van der Waals surface area contributed by atoms with E-state index in [1.54, 1.807) is 11.0 Å². The minimum absolute atomic E-state index is 0.0888. The van der Waals surface area contributed by atoms with Gasteiger partial charge in [-0.2, -0.15) is 5.10 Å². The minimum Gasteiger partial charge on any atom is -0.378 e. The lowest BCUT2D eigenvalue weighted by Crippen LogP contribution is -2.42. The van der Waals surface area contributed by atoms with Gasteiger partial charge in [0, 0.05) is 19.7 Å². The van der Waals surface area contributed by atoms with Crippen molar-refractivity contribution in [3.8, 4) is 0 Å². The Bertz CT molecular complexity index is 373. The van der Waals surface area contributed by atoms with Crippen LogP contribution in [-0.4, -0.2) is 57.9 Å². The summed E-state index contributed by atoms with van der Waals surface area (Å²) in [5.74, 6) is 0.0888. The number of likely N-dealkylation sites (tertiary alicyclic amines) is 1. The number of ether oxygens (including phenoxy) is 1. The van der Waals surface area contributed by atoms with Crippen molar-refractivity contribution in [2.45, 2.75) is 31.9 Å². The second-order valence-corrected chi connectivity index (χ2v) is 4.69. The predicted molar refractivity (Wildman–Crippen MR) is 69.2 cm³/mol. The fourth-order valence-corrected chi connectivity index (χ4v) is 2.16. The van der Waals surface area contributed by atoms with E-state index in [2.05, 4.69) is 10.1 Å². The molecule has 2 N–H and O–H groups in total. The molecule has 0 aliphatic carbocycles. The molecular formula is C12H21N5O2. The van der Waals surface area contributed by atoms with Gasteiger partial charge in [0.25, 0.3) is 0 Å². The summed E-state index contributed by atoms with van der Waals surface area (Å²) >= 11 is 0. The van der Waals surface area contributed by atoms with Crippen molar-refractivity contribution in [3.63, 3.8) is 0 Å². The number of carbonyl (C=O) groups is 1. The van der Waals surface area contributed by atoms with E-state index in [1.807, 2.05) is 4.90 Å². The summed E-state index contributed by atoms with van der Waals surface area (Å²) < 4.78 is 7.26. The van der Waals surface area contributed by atoms with Crippen LogP contribution in [0, 0.1) is 0 Å². The molecule has 1 aliphatic rings. The van der Waals surface area contributed by atoms with Gasteiger partial charge < -0.3 is 15.4 Å². The Labute approximate surface area is 112 Å². The van der Waals surface area contributed by atoms with Gasteiger partial charge in [-0.05, 0) is 25.8 Å². The van der Waals surface area contributed by atoms with Crippen LogP contribution in [0.15, 0.2) is 12.7 Å². The zero-order chi connectivity index (χ0) is 13.5. The lowest BCUT2D eigenvalue weighted by atomic mass is 10.1. The van der Waals surface area contributed by atoms with Crippen molar-refractivity contribution >= 4 is 5.91 Å². The second-order valence-electron chi connectivity index (χ2n) is 4.69. The summed E-state index contributed by atoms with van der Waals surface area (Å²) in [5.41, 5.74) is 5.42. The lowest BCUT2D eigenvalue weighted by molar-refractivity contribution is -0.134. The van der Waals surface area contributed by atoms with Crippen molar-refractivity contribution in [3.05, 3.63) is 12.7 Å². The standard InChI is InChI=1S/C12H21N5O2/c13-4-1-7-19-11-2-5-16(6-3-11)12(18)8-17-10-14-9-15-17/h9-11H,1-8,13H2. The average Bonchev–Trinajstić information content (AvgIpc) is 2.93. The number of piperidine rings is 1. The van der Waals surface area contributed by atoms with Gasteiger partial charge in [0.1, 0.15) is 19.2 Å². The Morgan fingerprint density at radius 2 is 2.21 bits per heavy atom. The Kier molecular flexibility index (Phi) is 5.29. The van der Waals surface area contributed by atoms with Gasteiger partial charge >= 0.3 is 0 Å². The number of nitrogens with zero attached hydrogens (tertiary/aromatic N) is 4. The lowest BCUT2D eigenvalue weighted by Gasteiger charge is -2.32. The topological polar surface area (TPSA) is 86.3 Å². The van der Waals surface area contributed by atoms with Crippen LogP contribution in [0.5, 0.6) is 0 Å². The van der Waals surface area contributed by atoms with Gasteiger partial charge in [-0.15, -0.1) is 0 Å². The van der Waals surface area contributed by atoms with Gasteiger partial charge in [0.15, 0.2) is 0 Å². The zero-order valence-electron chi connectivity index (χ0n) is 11.1. The summed E-state index contributed by atoms with van der Waals surface area (Å²) in [5, 5.41) is 3.94. The van der Waals surface area contributed by atoms with E-state index >= 15 is 0 Å². The molecule has 0 aromatic carbocycles. The van der Waals surface area contributed by atoms with Crippen LogP contribution in [0.3, 0.4) is 0 Å². The Hall–Kier alpha value is -1.47. The van der Waals surface area contributed by atoms with Crippen LogP contribution in [0.4, 0.5) is 0 Å². The third-order valence-corrected chi connectivity index (χ3v) is 3.26. The van der Waals surface area contributed by atoms with Crippen molar-refractivity contribution in [1.29, 1.82) is 0 Å². The molecule has 1 fully saturated rings. The van der Waals surface area contributed by atoms with Crippen molar-refractivity contribution in [2.24, 2.45) is 5.73 Å². The van der Waals surface area contributed by atoms with E-state index in [1.165, 1.54) is 6.33 Å². The molecule has 1 amide bonds. The van der Waals surface area contributed by atoms with Crippen molar-refractivity contribution in [1.82, 2.24) is 19.7 Å². The summed E-state index contributed by atoms with van der Waals surface area (Å²) in [4.78, 5) is 17.7. The largest absolute Gasteiger partial charge is 0.378 e. The molecule has 0 bridgehead atoms. The molecule has 0 saturated carbocycles. The summed E-state index contributed by atoms with van der Waals surface area (Å²) in [6.45, 7) is 3.14. The van der Waals surface area contributed by atoms with Gasteiger partial charge in [0.2, 0.25) is 5.91 Å². The summed E-state index contributed by atoms with van der Waals surface area (Å²) in [6, 6.07) is 0. The smallest absolute Gasteiger partial charge is 0.244 e. The van der Waals surface area contributed by atoms with Crippen LogP contribution >= 0.6 is 0 Å². The molecule has 0 spiro atoms.